The van der Waals surface area contributed by atoms with E-state index in [1.165, 1.54) is 29.2 Å². The lowest BCUT2D eigenvalue weighted by Crippen LogP contribution is -2.43. The summed E-state index contributed by atoms with van der Waals surface area (Å²) >= 11 is 5.91. The molecule has 1 heterocycles. The highest BCUT2D eigenvalue weighted by Crippen LogP contribution is 2.26. The number of hydrogen-bond donors (Lipinski definition) is 2. The van der Waals surface area contributed by atoms with Gasteiger partial charge in [-0.05, 0) is 49.7 Å². The van der Waals surface area contributed by atoms with Crippen molar-refractivity contribution >= 4 is 29.1 Å². The highest BCUT2D eigenvalue weighted by molar-refractivity contribution is 6.31. The Balaban J connectivity index is 1.86. The highest BCUT2D eigenvalue weighted by Gasteiger charge is 2.28. The molecule has 2 aromatic rings. The summed E-state index contributed by atoms with van der Waals surface area (Å²) in [5.41, 5.74) is 0.391. The molecule has 1 saturated heterocycles. The number of anilines is 1. The molecule has 190 valence electrons. The fourth-order valence-corrected chi connectivity index (χ4v) is 4.04. The van der Waals surface area contributed by atoms with E-state index in [1.54, 1.807) is 0 Å². The number of alkyl halides is 2. The molecule has 1 aliphatic heterocycles. The average Bonchev–Trinajstić information content (AvgIpc) is 3.27. The van der Waals surface area contributed by atoms with Crippen molar-refractivity contribution in [2.24, 2.45) is 10.9 Å². The summed E-state index contributed by atoms with van der Waals surface area (Å²) in [7, 11) is 0. The number of carbonyl (C=O) groups excluding carboxylic acids is 1. The molecule has 0 bridgehead atoms. The minimum absolute atomic E-state index is 0.0363. The monoisotopic (exact) mass is 516 g/mol. The van der Waals surface area contributed by atoms with Gasteiger partial charge in [0.05, 0.1) is 24.7 Å². The third-order valence-electron chi connectivity index (χ3n) is 5.66. The van der Waals surface area contributed by atoms with Crippen LogP contribution < -0.4 is 10.7 Å². The number of aliphatic hydroxyl groups is 1. The van der Waals surface area contributed by atoms with E-state index in [4.69, 9.17) is 22.2 Å². The quantitative estimate of drug-likeness (QED) is 0.175. The first kappa shape index (κ1) is 26.7. The normalized spacial score (nSPS) is 16.7. The van der Waals surface area contributed by atoms with Crippen LogP contribution in [0.3, 0.4) is 0 Å². The van der Waals surface area contributed by atoms with E-state index in [0.717, 1.165) is 25.0 Å². The molecule has 1 atom stereocenters. The fourth-order valence-electron chi connectivity index (χ4n) is 3.86. The van der Waals surface area contributed by atoms with Crippen molar-refractivity contribution in [1.82, 2.24) is 4.90 Å². The van der Waals surface area contributed by atoms with Gasteiger partial charge in [0.2, 0.25) is 11.8 Å². The number of rotatable bonds is 9. The van der Waals surface area contributed by atoms with Gasteiger partial charge in [-0.1, -0.05) is 17.7 Å². The first-order valence-corrected chi connectivity index (χ1v) is 11.2. The standard InChI is InChI=1S/C23H25ClF4N4O3/c24-18-9-16(5-6-19(18)25)32(22(34)11-31-7-1-2-17(31)12-33)10-15-4-3-14(8-20(15)26)23(30-29)35-13-21(27)28/h3-6,8-9,17,21,33H,1-2,7,10-13,29H2/b30-23-. The summed E-state index contributed by atoms with van der Waals surface area (Å²) in [6.45, 7) is -0.691. The first-order valence-electron chi connectivity index (χ1n) is 10.8. The largest absolute Gasteiger partial charge is 0.470 e. The Labute approximate surface area is 204 Å². The minimum Gasteiger partial charge on any atom is -0.470 e. The van der Waals surface area contributed by atoms with E-state index in [9.17, 15) is 27.5 Å². The van der Waals surface area contributed by atoms with Gasteiger partial charge in [0.1, 0.15) is 11.6 Å². The van der Waals surface area contributed by atoms with Crippen LogP contribution in [0.4, 0.5) is 23.2 Å². The molecule has 0 saturated carbocycles. The molecule has 3 rings (SSSR count). The van der Waals surface area contributed by atoms with Gasteiger partial charge in [-0.25, -0.2) is 17.6 Å². The van der Waals surface area contributed by atoms with E-state index < -0.39 is 30.6 Å². The molecule has 3 N–H and O–H groups in total. The Morgan fingerprint density at radius 2 is 2.03 bits per heavy atom. The molecule has 0 radical (unpaired) electrons. The van der Waals surface area contributed by atoms with Crippen LogP contribution in [0.1, 0.15) is 24.0 Å². The molecule has 2 aromatic carbocycles. The number of ether oxygens (including phenoxy) is 1. The molecule has 0 aromatic heterocycles. The smallest absolute Gasteiger partial charge is 0.272 e. The van der Waals surface area contributed by atoms with Crippen LogP contribution in [0.2, 0.25) is 5.02 Å². The average molecular weight is 517 g/mol. The number of hydrazone groups is 1. The number of benzene rings is 2. The zero-order valence-electron chi connectivity index (χ0n) is 18.6. The van der Waals surface area contributed by atoms with Gasteiger partial charge in [-0.2, -0.15) is 0 Å². The number of carbonyl (C=O) groups is 1. The van der Waals surface area contributed by atoms with Crippen molar-refractivity contribution in [2.75, 3.05) is 31.2 Å². The number of nitrogens with zero attached hydrogens (tertiary/aromatic N) is 3. The van der Waals surface area contributed by atoms with Gasteiger partial charge in [0, 0.05) is 22.9 Å². The Morgan fingerprint density at radius 1 is 1.26 bits per heavy atom. The van der Waals surface area contributed by atoms with Crippen LogP contribution in [-0.4, -0.2) is 60.6 Å². The van der Waals surface area contributed by atoms with E-state index in [-0.39, 0.29) is 53.5 Å². The molecule has 12 heteroatoms. The van der Waals surface area contributed by atoms with Crippen LogP contribution in [0.15, 0.2) is 41.5 Å². The molecule has 1 amide bonds. The Kier molecular flexibility index (Phi) is 9.30. The van der Waals surface area contributed by atoms with Gasteiger partial charge >= 0.3 is 0 Å². The SMILES string of the molecule is N/N=C(\OCC(F)F)c1ccc(CN(C(=O)CN2CCCC2CO)c2ccc(F)c(Cl)c2)c(F)c1. The van der Waals surface area contributed by atoms with Crippen LogP contribution in [-0.2, 0) is 16.1 Å². The van der Waals surface area contributed by atoms with E-state index >= 15 is 0 Å². The van der Waals surface area contributed by atoms with Crippen LogP contribution in [0.5, 0.6) is 0 Å². The number of aliphatic hydroxyl groups excluding tert-OH is 1. The molecule has 7 nitrogen and oxygen atoms in total. The van der Waals surface area contributed by atoms with Crippen molar-refractivity contribution in [2.45, 2.75) is 31.9 Å². The van der Waals surface area contributed by atoms with E-state index in [1.807, 2.05) is 4.90 Å². The molecule has 1 aliphatic rings. The summed E-state index contributed by atoms with van der Waals surface area (Å²) in [6.07, 6.45) is -1.18. The van der Waals surface area contributed by atoms with Crippen LogP contribution in [0.25, 0.3) is 0 Å². The van der Waals surface area contributed by atoms with Gasteiger partial charge in [-0.3, -0.25) is 9.69 Å². The van der Waals surface area contributed by atoms with Gasteiger partial charge in [0.25, 0.3) is 6.43 Å². The highest BCUT2D eigenvalue weighted by atomic mass is 35.5. The maximum atomic E-state index is 15.0. The zero-order valence-corrected chi connectivity index (χ0v) is 19.4. The molecular weight excluding hydrogens is 492 g/mol. The second-order valence-electron chi connectivity index (χ2n) is 7.97. The Hall–Kier alpha value is -2.89. The third-order valence-corrected chi connectivity index (χ3v) is 5.95. The predicted octanol–water partition coefficient (Wildman–Crippen LogP) is 3.51. The van der Waals surface area contributed by atoms with Gasteiger partial charge < -0.3 is 20.6 Å². The number of nitrogens with two attached hydrogens (primary N) is 1. The van der Waals surface area contributed by atoms with Crippen molar-refractivity contribution in [3.8, 4) is 0 Å². The lowest BCUT2D eigenvalue weighted by molar-refractivity contribution is -0.120. The summed E-state index contributed by atoms with van der Waals surface area (Å²) in [5.74, 6) is 2.98. The summed E-state index contributed by atoms with van der Waals surface area (Å²) < 4.78 is 58.4. The lowest BCUT2D eigenvalue weighted by atomic mass is 10.1. The third kappa shape index (κ3) is 6.83. The second kappa shape index (κ2) is 12.2. The molecule has 1 fully saturated rings. The van der Waals surface area contributed by atoms with Gasteiger partial charge in [-0.15, -0.1) is 5.10 Å². The second-order valence-corrected chi connectivity index (χ2v) is 8.38. The zero-order chi connectivity index (χ0) is 25.5. The molecule has 0 aliphatic carbocycles. The topological polar surface area (TPSA) is 91.4 Å². The number of hydrogen-bond acceptors (Lipinski definition) is 6. The van der Waals surface area contributed by atoms with Crippen LogP contribution >= 0.6 is 11.6 Å². The van der Waals surface area contributed by atoms with Crippen molar-refractivity contribution in [3.05, 3.63) is 64.2 Å². The molecule has 0 spiro atoms. The molecule has 1 unspecified atom stereocenters. The first-order chi connectivity index (χ1) is 16.7. The maximum Gasteiger partial charge on any atom is 0.272 e. The predicted molar refractivity (Wildman–Crippen MR) is 123 cm³/mol. The fraction of sp³-hybridized carbons (Fsp3) is 0.391. The summed E-state index contributed by atoms with van der Waals surface area (Å²) in [4.78, 5) is 16.4. The molecular formula is C23H25ClF4N4O3. The lowest BCUT2D eigenvalue weighted by Gasteiger charge is -2.28. The van der Waals surface area contributed by atoms with Crippen molar-refractivity contribution < 1.29 is 32.2 Å². The maximum absolute atomic E-state index is 15.0. The van der Waals surface area contributed by atoms with Gasteiger partial charge in [0.15, 0.2) is 6.61 Å². The van der Waals surface area contributed by atoms with Crippen LogP contribution in [0, 0.1) is 11.6 Å². The molecule has 35 heavy (non-hydrogen) atoms. The van der Waals surface area contributed by atoms with E-state index in [0.29, 0.717) is 6.54 Å². The van der Waals surface area contributed by atoms with Crippen molar-refractivity contribution in [3.63, 3.8) is 0 Å². The van der Waals surface area contributed by atoms with Crippen molar-refractivity contribution in [1.29, 1.82) is 0 Å². The number of halogens is 5. The number of likely N-dealkylation sites (tertiary alicyclic amines) is 1. The number of amides is 1. The Bertz CT molecular complexity index is 1070. The minimum atomic E-state index is -2.76. The summed E-state index contributed by atoms with van der Waals surface area (Å²) in [6, 6.07) is 7.30. The van der Waals surface area contributed by atoms with E-state index in [2.05, 4.69) is 5.10 Å². The Morgan fingerprint density at radius 3 is 2.66 bits per heavy atom. The summed E-state index contributed by atoms with van der Waals surface area (Å²) in [5, 5.41) is 12.6.